The lowest BCUT2D eigenvalue weighted by Crippen LogP contribution is -2.27. The number of hydrogen-bond acceptors (Lipinski definition) is 6. The molecule has 0 bridgehead atoms. The smallest absolute Gasteiger partial charge is 0.331 e. The molecule has 1 saturated heterocycles. The van der Waals surface area contributed by atoms with Gasteiger partial charge in [0.25, 0.3) is 0 Å². The minimum Gasteiger partial charge on any atom is -0.351 e. The average molecular weight is 293 g/mol. The van der Waals surface area contributed by atoms with Crippen LogP contribution in [0.25, 0.3) is 10.4 Å². The monoisotopic (exact) mass is 293 g/mol. The van der Waals surface area contributed by atoms with Crippen molar-refractivity contribution in [3.63, 3.8) is 0 Å². The van der Waals surface area contributed by atoms with Gasteiger partial charge in [-0.15, -0.1) is 0 Å². The molecule has 0 spiro atoms. The molecule has 0 aromatic carbocycles. The third kappa shape index (κ3) is 2.95. The molecule has 2 atom stereocenters. The summed E-state index contributed by atoms with van der Waals surface area (Å²) in [4.78, 5) is 26.3. The molecule has 21 heavy (non-hydrogen) atoms. The quantitative estimate of drug-likeness (QED) is 0.207. The van der Waals surface area contributed by atoms with Crippen molar-refractivity contribution in [3.8, 4) is 0 Å². The zero-order valence-electron chi connectivity index (χ0n) is 11.5. The van der Waals surface area contributed by atoms with Crippen LogP contribution in [-0.4, -0.2) is 40.1 Å². The molecule has 0 aliphatic carbocycles. The van der Waals surface area contributed by atoms with E-state index >= 15 is 0 Å². The number of aldehydes is 1. The van der Waals surface area contributed by atoms with E-state index in [4.69, 9.17) is 5.53 Å². The third-order valence-electron chi connectivity index (χ3n) is 3.68. The summed E-state index contributed by atoms with van der Waals surface area (Å²) >= 11 is 0. The Morgan fingerprint density at radius 3 is 2.90 bits per heavy atom. The van der Waals surface area contributed by atoms with Crippen molar-refractivity contribution in [1.82, 2.24) is 9.78 Å². The van der Waals surface area contributed by atoms with Crippen molar-refractivity contribution in [2.45, 2.75) is 18.9 Å². The number of azide groups is 1. The van der Waals surface area contributed by atoms with Crippen LogP contribution in [0.4, 0.5) is 11.5 Å². The molecule has 0 N–H and O–H groups in total. The van der Waals surface area contributed by atoms with Gasteiger partial charge in [0.15, 0.2) is 0 Å². The molecule has 2 unspecified atom stereocenters. The maximum Gasteiger partial charge on any atom is 0.331 e. The number of hydrogen-bond donors (Lipinski definition) is 0. The first kappa shape index (κ1) is 14.8. The molecule has 2 heterocycles. The van der Waals surface area contributed by atoms with Gasteiger partial charge >= 0.3 is 5.69 Å². The predicted molar refractivity (Wildman–Crippen MR) is 73.8 cm³/mol. The van der Waals surface area contributed by atoms with Crippen LogP contribution < -0.4 is 4.90 Å². The Bertz CT molecular complexity index is 593. The summed E-state index contributed by atoms with van der Waals surface area (Å²) in [7, 11) is 1.63. The van der Waals surface area contributed by atoms with E-state index in [0.717, 1.165) is 6.29 Å². The van der Waals surface area contributed by atoms with E-state index in [1.54, 1.807) is 7.05 Å². The van der Waals surface area contributed by atoms with Crippen molar-refractivity contribution in [3.05, 3.63) is 26.8 Å². The average Bonchev–Trinajstić information content (AvgIpc) is 2.73. The fourth-order valence-corrected chi connectivity index (χ4v) is 2.61. The number of anilines is 1. The van der Waals surface area contributed by atoms with Crippen molar-refractivity contribution in [2.24, 2.45) is 18.1 Å². The fourth-order valence-electron chi connectivity index (χ4n) is 2.61. The first-order chi connectivity index (χ1) is 10.1. The van der Waals surface area contributed by atoms with E-state index in [1.165, 1.54) is 10.9 Å². The van der Waals surface area contributed by atoms with Crippen LogP contribution in [0.15, 0.2) is 11.3 Å². The number of carbonyl (C=O) groups excluding carboxylic acids is 1. The number of nitrogens with zero attached hydrogens (tertiary/aromatic N) is 7. The van der Waals surface area contributed by atoms with Gasteiger partial charge < -0.3 is 9.69 Å². The lowest BCUT2D eigenvalue weighted by molar-refractivity contribution is -0.384. The highest BCUT2D eigenvalue weighted by Gasteiger charge is 2.30. The molecule has 2 rings (SSSR count). The summed E-state index contributed by atoms with van der Waals surface area (Å²) in [6.07, 6.45) is 2.95. The lowest BCUT2D eigenvalue weighted by Gasteiger charge is -2.21. The summed E-state index contributed by atoms with van der Waals surface area (Å²) < 4.78 is 1.45. The number of nitro groups is 1. The van der Waals surface area contributed by atoms with Crippen LogP contribution in [0.3, 0.4) is 0 Å². The maximum atomic E-state index is 11.1. The van der Waals surface area contributed by atoms with E-state index in [1.807, 2.05) is 4.90 Å². The largest absolute Gasteiger partial charge is 0.351 e. The first-order valence-electron chi connectivity index (χ1n) is 6.49. The highest BCUT2D eigenvalue weighted by molar-refractivity contribution is 5.59. The van der Waals surface area contributed by atoms with Gasteiger partial charge in [0.1, 0.15) is 12.5 Å². The standard InChI is InChI=1S/C11H15N7O3/c1-16-11(10(6-13-16)18(20)21)17-4-2-8(7-19)9(3-5-17)14-15-12/h6-9H,2-5H2,1H3. The van der Waals surface area contributed by atoms with E-state index in [2.05, 4.69) is 15.1 Å². The molecule has 1 aliphatic heterocycles. The number of rotatable bonds is 4. The van der Waals surface area contributed by atoms with Crippen LogP contribution >= 0.6 is 0 Å². The molecular weight excluding hydrogens is 278 g/mol. The fraction of sp³-hybridized carbons (Fsp3) is 0.636. The Morgan fingerprint density at radius 2 is 2.29 bits per heavy atom. The van der Waals surface area contributed by atoms with Crippen molar-refractivity contribution < 1.29 is 9.72 Å². The third-order valence-corrected chi connectivity index (χ3v) is 3.68. The Kier molecular flexibility index (Phi) is 4.39. The van der Waals surface area contributed by atoms with Gasteiger partial charge in [-0.1, -0.05) is 5.11 Å². The molecular formula is C11H15N7O3. The minimum atomic E-state index is -0.477. The zero-order chi connectivity index (χ0) is 15.4. The Hall–Kier alpha value is -2.61. The highest BCUT2D eigenvalue weighted by atomic mass is 16.6. The second-order valence-electron chi connectivity index (χ2n) is 4.87. The zero-order valence-corrected chi connectivity index (χ0v) is 11.5. The van der Waals surface area contributed by atoms with Gasteiger partial charge in [0, 0.05) is 37.0 Å². The van der Waals surface area contributed by atoms with Crippen molar-refractivity contribution in [1.29, 1.82) is 0 Å². The number of aryl methyl sites for hydroxylation is 1. The number of carbonyl (C=O) groups is 1. The van der Waals surface area contributed by atoms with Crippen molar-refractivity contribution in [2.75, 3.05) is 18.0 Å². The van der Waals surface area contributed by atoms with Gasteiger partial charge in [-0.3, -0.25) is 10.1 Å². The maximum absolute atomic E-state index is 11.1. The molecule has 10 heteroatoms. The van der Waals surface area contributed by atoms with Gasteiger partial charge in [-0.2, -0.15) is 5.10 Å². The molecule has 10 nitrogen and oxygen atoms in total. The highest BCUT2D eigenvalue weighted by Crippen LogP contribution is 2.30. The van der Waals surface area contributed by atoms with Crippen LogP contribution in [0, 0.1) is 16.0 Å². The van der Waals surface area contributed by atoms with Crippen LogP contribution in [0.1, 0.15) is 12.8 Å². The SMILES string of the molecule is Cn1ncc([N+](=O)[O-])c1N1CCC(C=O)C(N=[N+]=[N-])CC1. The van der Waals surface area contributed by atoms with Crippen LogP contribution in [0.5, 0.6) is 0 Å². The molecule has 112 valence electrons. The predicted octanol–water partition coefficient (Wildman–Crippen LogP) is 1.42. The van der Waals surface area contributed by atoms with E-state index in [-0.39, 0.29) is 11.6 Å². The molecule has 1 aromatic rings. The molecule has 0 saturated carbocycles. The van der Waals surface area contributed by atoms with Gasteiger partial charge in [0.05, 0.1) is 4.92 Å². The van der Waals surface area contributed by atoms with Crippen LogP contribution in [0.2, 0.25) is 0 Å². The Morgan fingerprint density at radius 1 is 1.57 bits per heavy atom. The van der Waals surface area contributed by atoms with Gasteiger partial charge in [0.2, 0.25) is 5.82 Å². The summed E-state index contributed by atoms with van der Waals surface area (Å²) in [5.41, 5.74) is 8.49. The summed E-state index contributed by atoms with van der Waals surface area (Å²) in [6, 6.07) is -0.412. The van der Waals surface area contributed by atoms with Crippen molar-refractivity contribution >= 4 is 17.8 Å². The second-order valence-corrected chi connectivity index (χ2v) is 4.87. The summed E-state index contributed by atoms with van der Waals surface area (Å²) in [5, 5.41) is 18.6. The first-order valence-corrected chi connectivity index (χ1v) is 6.49. The Balaban J connectivity index is 2.27. The van der Waals surface area contributed by atoms with Gasteiger partial charge in [-0.05, 0) is 18.4 Å². The molecule has 1 aromatic heterocycles. The molecule has 1 aliphatic rings. The Labute approximate surface area is 120 Å². The second kappa shape index (κ2) is 6.23. The van der Waals surface area contributed by atoms with E-state index < -0.39 is 11.0 Å². The topological polar surface area (TPSA) is 130 Å². The minimum absolute atomic E-state index is 0.0672. The van der Waals surface area contributed by atoms with Crippen LogP contribution in [-0.2, 0) is 11.8 Å². The molecule has 1 fully saturated rings. The normalized spacial score (nSPS) is 22.2. The molecule has 0 amide bonds. The van der Waals surface area contributed by atoms with E-state index in [0.29, 0.717) is 31.7 Å². The van der Waals surface area contributed by atoms with E-state index in [9.17, 15) is 14.9 Å². The number of aromatic nitrogens is 2. The molecule has 0 radical (unpaired) electrons. The van der Waals surface area contributed by atoms with Gasteiger partial charge in [-0.25, -0.2) is 4.68 Å². The summed E-state index contributed by atoms with van der Waals surface area (Å²) in [6.45, 7) is 0.940. The summed E-state index contributed by atoms with van der Waals surface area (Å²) in [5.74, 6) is 0.0458. The lowest BCUT2D eigenvalue weighted by atomic mass is 9.97.